The van der Waals surface area contributed by atoms with Gasteiger partial charge in [-0.1, -0.05) is 59.3 Å². The van der Waals surface area contributed by atoms with Gasteiger partial charge in [0.1, 0.15) is 22.9 Å². The number of hydrogen-bond donors (Lipinski definition) is 1. The molecule has 1 N–H and O–H groups in total. The topological polar surface area (TPSA) is 95.3 Å². The summed E-state index contributed by atoms with van der Waals surface area (Å²) in [6.07, 6.45) is 1.73. The van der Waals surface area contributed by atoms with Crippen molar-refractivity contribution in [3.8, 4) is 16.9 Å². The van der Waals surface area contributed by atoms with Crippen molar-refractivity contribution in [2.24, 2.45) is 0 Å². The van der Waals surface area contributed by atoms with E-state index in [1.54, 1.807) is 12.1 Å². The number of aryl methyl sites for hydroxylation is 2. The SMILES string of the molecule is C=CCn1c(COc2ccc(Cl)cc2C)nnc1SCC(=O)Nc1scc(-c2ccc(C)cc2)c1C(=O)OC. The molecule has 0 unspecified atom stereocenters. The van der Waals surface area contributed by atoms with Crippen LogP contribution in [0.1, 0.15) is 27.3 Å². The van der Waals surface area contributed by atoms with Gasteiger partial charge in [0.2, 0.25) is 5.91 Å². The number of amides is 1. The summed E-state index contributed by atoms with van der Waals surface area (Å²) in [5, 5.41) is 14.8. The number of nitrogens with one attached hydrogen (secondary N) is 1. The number of allylic oxidation sites excluding steroid dienone is 1. The molecule has 2 aromatic carbocycles. The van der Waals surface area contributed by atoms with Gasteiger partial charge in [0, 0.05) is 22.5 Å². The third-order valence-corrected chi connectivity index (χ3v) is 7.82. The number of hydrogen-bond acceptors (Lipinski definition) is 8. The first-order valence-electron chi connectivity index (χ1n) is 11.9. The molecule has 0 saturated carbocycles. The average Bonchev–Trinajstić information content (AvgIpc) is 3.51. The molecule has 1 amide bonds. The first-order chi connectivity index (χ1) is 18.8. The van der Waals surface area contributed by atoms with E-state index in [2.05, 4.69) is 22.1 Å². The maximum atomic E-state index is 12.9. The van der Waals surface area contributed by atoms with Gasteiger partial charge in [0.25, 0.3) is 0 Å². The third kappa shape index (κ3) is 6.89. The van der Waals surface area contributed by atoms with Crippen LogP contribution in [-0.2, 0) is 22.7 Å². The largest absolute Gasteiger partial charge is 0.485 e. The lowest BCUT2D eigenvalue weighted by Gasteiger charge is -2.11. The number of carbonyl (C=O) groups is 2. The van der Waals surface area contributed by atoms with Crippen LogP contribution < -0.4 is 10.1 Å². The molecule has 0 saturated heterocycles. The highest BCUT2D eigenvalue weighted by atomic mass is 35.5. The maximum Gasteiger partial charge on any atom is 0.341 e. The smallest absolute Gasteiger partial charge is 0.341 e. The summed E-state index contributed by atoms with van der Waals surface area (Å²) in [4.78, 5) is 25.5. The number of rotatable bonds is 11. The first kappa shape index (κ1) is 28.4. The predicted molar refractivity (Wildman–Crippen MR) is 156 cm³/mol. The number of anilines is 1. The molecule has 0 radical (unpaired) electrons. The third-order valence-electron chi connectivity index (χ3n) is 5.73. The summed E-state index contributed by atoms with van der Waals surface area (Å²) in [6.45, 7) is 8.37. The Morgan fingerprint density at radius 2 is 1.95 bits per heavy atom. The van der Waals surface area contributed by atoms with Crippen molar-refractivity contribution in [1.82, 2.24) is 14.8 Å². The number of thiophene rings is 1. The lowest BCUT2D eigenvalue weighted by Crippen LogP contribution is -2.16. The van der Waals surface area contributed by atoms with Gasteiger partial charge in [-0.15, -0.1) is 28.1 Å². The molecule has 0 spiro atoms. The van der Waals surface area contributed by atoms with E-state index in [0.29, 0.717) is 44.4 Å². The van der Waals surface area contributed by atoms with Gasteiger partial charge in [-0.2, -0.15) is 0 Å². The van der Waals surface area contributed by atoms with E-state index in [9.17, 15) is 9.59 Å². The highest BCUT2D eigenvalue weighted by molar-refractivity contribution is 7.99. The van der Waals surface area contributed by atoms with E-state index in [0.717, 1.165) is 16.7 Å². The molecule has 8 nitrogen and oxygen atoms in total. The van der Waals surface area contributed by atoms with Crippen LogP contribution in [0.15, 0.2) is 65.7 Å². The van der Waals surface area contributed by atoms with E-state index >= 15 is 0 Å². The van der Waals surface area contributed by atoms with E-state index in [1.807, 2.05) is 60.2 Å². The number of nitrogens with zero attached hydrogens (tertiary/aromatic N) is 3. The molecular formula is C28H27ClN4O4S2. The van der Waals surface area contributed by atoms with E-state index in [4.69, 9.17) is 21.1 Å². The molecule has 4 rings (SSSR count). The minimum Gasteiger partial charge on any atom is -0.485 e. The van der Waals surface area contributed by atoms with E-state index in [1.165, 1.54) is 30.2 Å². The predicted octanol–water partition coefficient (Wildman–Crippen LogP) is 6.56. The zero-order chi connectivity index (χ0) is 27.9. The van der Waals surface area contributed by atoms with Crippen LogP contribution >= 0.6 is 34.7 Å². The lowest BCUT2D eigenvalue weighted by molar-refractivity contribution is -0.113. The normalized spacial score (nSPS) is 10.8. The van der Waals surface area contributed by atoms with Crippen LogP contribution in [0, 0.1) is 13.8 Å². The van der Waals surface area contributed by atoms with Gasteiger partial charge < -0.3 is 14.8 Å². The number of aromatic nitrogens is 3. The summed E-state index contributed by atoms with van der Waals surface area (Å²) in [5.41, 5.74) is 3.93. The monoisotopic (exact) mass is 582 g/mol. The Labute approximate surface area is 240 Å². The maximum absolute atomic E-state index is 12.9. The van der Waals surface area contributed by atoms with Crippen molar-refractivity contribution in [3.63, 3.8) is 0 Å². The molecule has 0 aliphatic carbocycles. The summed E-state index contributed by atoms with van der Waals surface area (Å²) in [7, 11) is 1.32. The lowest BCUT2D eigenvalue weighted by atomic mass is 10.0. The van der Waals surface area contributed by atoms with Crippen molar-refractivity contribution in [2.45, 2.75) is 32.2 Å². The fourth-order valence-electron chi connectivity index (χ4n) is 3.76. The summed E-state index contributed by atoms with van der Waals surface area (Å²) >= 11 is 8.54. The Hall–Kier alpha value is -3.60. The summed E-state index contributed by atoms with van der Waals surface area (Å²) in [5.74, 6) is 0.557. The Bertz CT molecular complexity index is 1500. The molecule has 0 aliphatic heterocycles. The quantitative estimate of drug-likeness (QED) is 0.122. The molecule has 4 aromatic rings. The summed E-state index contributed by atoms with van der Waals surface area (Å²) < 4.78 is 12.8. The number of halogens is 1. The molecule has 0 aliphatic rings. The number of ether oxygens (including phenoxy) is 2. The molecule has 202 valence electrons. The second-order valence-corrected chi connectivity index (χ2v) is 10.8. The molecule has 0 fully saturated rings. The second-order valence-electron chi connectivity index (χ2n) is 8.54. The molecule has 2 heterocycles. The number of esters is 1. The Kier molecular flexibility index (Phi) is 9.45. The molecule has 11 heteroatoms. The number of methoxy groups -OCH3 is 1. The zero-order valence-corrected chi connectivity index (χ0v) is 24.1. The minimum absolute atomic E-state index is 0.0603. The average molecular weight is 583 g/mol. The van der Waals surface area contributed by atoms with Gasteiger partial charge in [-0.25, -0.2) is 4.79 Å². The highest BCUT2D eigenvalue weighted by Gasteiger charge is 2.23. The fraction of sp³-hybridized carbons (Fsp3) is 0.214. The molecule has 0 bridgehead atoms. The Balaban J connectivity index is 1.45. The van der Waals surface area contributed by atoms with Gasteiger partial charge >= 0.3 is 5.97 Å². The van der Waals surface area contributed by atoms with Crippen molar-refractivity contribution < 1.29 is 19.1 Å². The standard InChI is InChI=1S/C28H27ClN4O4S2/c1-5-12-33-23(14-37-22-11-10-20(29)13-18(22)3)31-32-28(33)39-16-24(34)30-26-25(27(35)36-4)21(15-38-26)19-8-6-17(2)7-9-19/h5-11,13,15H,1,12,14,16H2,2-4H3,(H,30,34). The first-order valence-corrected chi connectivity index (χ1v) is 14.2. The highest BCUT2D eigenvalue weighted by Crippen LogP contribution is 2.36. The minimum atomic E-state index is -0.513. The van der Waals surface area contributed by atoms with Crippen LogP contribution in [0.2, 0.25) is 5.02 Å². The van der Waals surface area contributed by atoms with Crippen molar-refractivity contribution >= 4 is 51.6 Å². The van der Waals surface area contributed by atoms with Crippen LogP contribution in [0.3, 0.4) is 0 Å². The molecule has 2 aromatic heterocycles. The zero-order valence-electron chi connectivity index (χ0n) is 21.7. The number of carbonyl (C=O) groups excluding carboxylic acids is 2. The van der Waals surface area contributed by atoms with Crippen molar-refractivity contribution in [3.05, 3.63) is 88.0 Å². The second kappa shape index (κ2) is 13.0. The van der Waals surface area contributed by atoms with Gasteiger partial charge in [-0.3, -0.25) is 9.36 Å². The van der Waals surface area contributed by atoms with Gasteiger partial charge in [0.15, 0.2) is 11.0 Å². The molecular weight excluding hydrogens is 556 g/mol. The van der Waals surface area contributed by atoms with Crippen molar-refractivity contribution in [1.29, 1.82) is 0 Å². The van der Waals surface area contributed by atoms with E-state index in [-0.39, 0.29) is 18.3 Å². The van der Waals surface area contributed by atoms with Gasteiger partial charge in [-0.05, 0) is 43.2 Å². The Morgan fingerprint density at radius 1 is 1.18 bits per heavy atom. The van der Waals surface area contributed by atoms with Crippen LogP contribution in [0.4, 0.5) is 5.00 Å². The Morgan fingerprint density at radius 3 is 2.64 bits per heavy atom. The number of thioether (sulfide) groups is 1. The van der Waals surface area contributed by atoms with E-state index < -0.39 is 5.97 Å². The van der Waals surface area contributed by atoms with Crippen LogP contribution in [-0.4, -0.2) is 39.5 Å². The summed E-state index contributed by atoms with van der Waals surface area (Å²) in [6, 6.07) is 13.2. The fourth-order valence-corrected chi connectivity index (χ4v) is 5.72. The molecule has 39 heavy (non-hydrogen) atoms. The van der Waals surface area contributed by atoms with Gasteiger partial charge in [0.05, 0.1) is 12.9 Å². The van der Waals surface area contributed by atoms with Crippen LogP contribution in [0.25, 0.3) is 11.1 Å². The van der Waals surface area contributed by atoms with Crippen molar-refractivity contribution in [2.75, 3.05) is 18.2 Å². The number of benzene rings is 2. The molecule has 0 atom stereocenters. The van der Waals surface area contributed by atoms with Crippen LogP contribution in [0.5, 0.6) is 5.75 Å².